The van der Waals surface area contributed by atoms with Crippen molar-refractivity contribution in [2.75, 3.05) is 33.4 Å². The summed E-state index contributed by atoms with van der Waals surface area (Å²) in [6, 6.07) is 0. The molecule has 0 spiro atoms. The van der Waals surface area contributed by atoms with E-state index in [0.29, 0.717) is 12.5 Å². The second-order valence-electron chi connectivity index (χ2n) is 5.40. The molecule has 0 aliphatic carbocycles. The van der Waals surface area contributed by atoms with Crippen molar-refractivity contribution < 1.29 is 4.74 Å². The molecule has 2 N–H and O–H groups in total. The molecule has 0 saturated carbocycles. The third-order valence-corrected chi connectivity index (χ3v) is 4.32. The van der Waals surface area contributed by atoms with E-state index in [1.54, 1.807) is 7.11 Å². The van der Waals surface area contributed by atoms with Crippen LogP contribution in [0.1, 0.15) is 33.6 Å². The quantitative estimate of drug-likeness (QED) is 0.752. The molecule has 16 heavy (non-hydrogen) atoms. The van der Waals surface area contributed by atoms with Crippen LogP contribution in [0.5, 0.6) is 0 Å². The monoisotopic (exact) mass is 228 g/mol. The van der Waals surface area contributed by atoms with Gasteiger partial charge in [-0.25, -0.2) is 0 Å². The van der Waals surface area contributed by atoms with E-state index in [-0.39, 0.29) is 5.54 Å². The Morgan fingerprint density at radius 1 is 1.50 bits per heavy atom. The van der Waals surface area contributed by atoms with Crippen LogP contribution in [-0.2, 0) is 4.74 Å². The van der Waals surface area contributed by atoms with Gasteiger partial charge in [0.15, 0.2) is 0 Å². The minimum atomic E-state index is 0.0403. The lowest BCUT2D eigenvalue weighted by Crippen LogP contribution is -2.59. The summed E-state index contributed by atoms with van der Waals surface area (Å²) in [5.74, 6) is 1.38. The van der Waals surface area contributed by atoms with Gasteiger partial charge in [-0.05, 0) is 24.8 Å². The molecule has 3 nitrogen and oxygen atoms in total. The molecule has 1 rings (SSSR count). The summed E-state index contributed by atoms with van der Waals surface area (Å²) in [6.07, 6.45) is 2.59. The SMILES string of the molecule is CCC1CCN(C(CN)(COC)C(C)C)C1. The van der Waals surface area contributed by atoms with Crippen molar-refractivity contribution in [2.45, 2.75) is 39.2 Å². The van der Waals surface area contributed by atoms with E-state index in [4.69, 9.17) is 10.5 Å². The van der Waals surface area contributed by atoms with Crippen LogP contribution in [0.2, 0.25) is 0 Å². The van der Waals surface area contributed by atoms with Crippen LogP contribution in [0.4, 0.5) is 0 Å². The van der Waals surface area contributed by atoms with Crippen LogP contribution in [0.3, 0.4) is 0 Å². The average Bonchev–Trinajstić information content (AvgIpc) is 2.74. The molecule has 3 heteroatoms. The normalized spacial score (nSPS) is 26.2. The highest BCUT2D eigenvalue weighted by molar-refractivity contribution is 4.97. The maximum Gasteiger partial charge on any atom is 0.0661 e. The van der Waals surface area contributed by atoms with E-state index >= 15 is 0 Å². The maximum atomic E-state index is 6.04. The summed E-state index contributed by atoms with van der Waals surface area (Å²) < 4.78 is 5.42. The van der Waals surface area contributed by atoms with Gasteiger partial charge in [-0.1, -0.05) is 27.2 Å². The summed E-state index contributed by atoms with van der Waals surface area (Å²) in [5.41, 5.74) is 6.08. The predicted molar refractivity (Wildman–Crippen MR) is 68.5 cm³/mol. The molecule has 1 saturated heterocycles. The van der Waals surface area contributed by atoms with E-state index in [0.717, 1.165) is 12.5 Å². The number of ether oxygens (including phenoxy) is 1. The van der Waals surface area contributed by atoms with E-state index in [1.807, 2.05) is 0 Å². The van der Waals surface area contributed by atoms with E-state index < -0.39 is 0 Å². The van der Waals surface area contributed by atoms with Gasteiger partial charge in [-0.2, -0.15) is 0 Å². The number of rotatable bonds is 6. The first-order valence-corrected chi connectivity index (χ1v) is 6.54. The van der Waals surface area contributed by atoms with Crippen molar-refractivity contribution in [2.24, 2.45) is 17.6 Å². The fraction of sp³-hybridized carbons (Fsp3) is 1.00. The number of nitrogens with zero attached hydrogens (tertiary/aromatic N) is 1. The summed E-state index contributed by atoms with van der Waals surface area (Å²) >= 11 is 0. The van der Waals surface area contributed by atoms with Gasteiger partial charge in [-0.3, -0.25) is 4.90 Å². The third kappa shape index (κ3) is 2.58. The van der Waals surface area contributed by atoms with Gasteiger partial charge in [0.25, 0.3) is 0 Å². The molecule has 1 aliphatic rings. The second kappa shape index (κ2) is 5.99. The minimum Gasteiger partial charge on any atom is -0.383 e. The largest absolute Gasteiger partial charge is 0.383 e. The highest BCUT2D eigenvalue weighted by atomic mass is 16.5. The van der Waals surface area contributed by atoms with Crippen molar-refractivity contribution >= 4 is 0 Å². The molecule has 2 unspecified atom stereocenters. The second-order valence-corrected chi connectivity index (χ2v) is 5.40. The summed E-state index contributed by atoms with van der Waals surface area (Å²) in [6.45, 7) is 10.6. The fourth-order valence-corrected chi connectivity index (χ4v) is 2.87. The molecular formula is C13H28N2O. The average molecular weight is 228 g/mol. The highest BCUT2D eigenvalue weighted by Gasteiger charge is 2.41. The maximum absolute atomic E-state index is 6.04. The van der Waals surface area contributed by atoms with Crippen molar-refractivity contribution in [1.29, 1.82) is 0 Å². The lowest BCUT2D eigenvalue weighted by Gasteiger charge is -2.44. The van der Waals surface area contributed by atoms with E-state index in [1.165, 1.54) is 25.9 Å². The molecule has 0 radical (unpaired) electrons. The molecule has 0 aromatic carbocycles. The first kappa shape index (κ1) is 13.9. The molecule has 1 fully saturated rings. The summed E-state index contributed by atoms with van der Waals surface area (Å²) in [4.78, 5) is 2.56. The highest BCUT2D eigenvalue weighted by Crippen LogP contribution is 2.31. The van der Waals surface area contributed by atoms with Crippen LogP contribution in [-0.4, -0.2) is 43.8 Å². The molecule has 1 heterocycles. The zero-order valence-corrected chi connectivity index (χ0v) is 11.3. The predicted octanol–water partition coefficient (Wildman–Crippen LogP) is 1.72. The first-order valence-electron chi connectivity index (χ1n) is 6.54. The van der Waals surface area contributed by atoms with Crippen molar-refractivity contribution in [3.05, 3.63) is 0 Å². The fourth-order valence-electron chi connectivity index (χ4n) is 2.87. The van der Waals surface area contributed by atoms with Crippen LogP contribution in [0, 0.1) is 11.8 Å². The minimum absolute atomic E-state index is 0.0403. The Morgan fingerprint density at radius 3 is 2.56 bits per heavy atom. The Hall–Kier alpha value is -0.120. The number of methoxy groups -OCH3 is 1. The number of nitrogens with two attached hydrogens (primary N) is 1. The molecule has 0 aromatic heterocycles. The van der Waals surface area contributed by atoms with Crippen molar-refractivity contribution in [3.63, 3.8) is 0 Å². The van der Waals surface area contributed by atoms with Crippen LogP contribution < -0.4 is 5.73 Å². The Balaban J connectivity index is 2.76. The molecule has 0 amide bonds. The van der Waals surface area contributed by atoms with Gasteiger partial charge in [-0.15, -0.1) is 0 Å². The van der Waals surface area contributed by atoms with Gasteiger partial charge >= 0.3 is 0 Å². The lowest BCUT2D eigenvalue weighted by atomic mass is 9.85. The van der Waals surface area contributed by atoms with Gasteiger partial charge in [0.2, 0.25) is 0 Å². The standard InChI is InChI=1S/C13H28N2O/c1-5-12-6-7-15(8-12)13(9-14,10-16-4)11(2)3/h11-12H,5-10,14H2,1-4H3. The van der Waals surface area contributed by atoms with Gasteiger partial charge < -0.3 is 10.5 Å². The van der Waals surface area contributed by atoms with Crippen molar-refractivity contribution in [3.8, 4) is 0 Å². The molecule has 1 aliphatic heterocycles. The molecule has 96 valence electrons. The van der Waals surface area contributed by atoms with Crippen LogP contribution in [0.25, 0.3) is 0 Å². The summed E-state index contributed by atoms with van der Waals surface area (Å²) in [7, 11) is 1.78. The topological polar surface area (TPSA) is 38.5 Å². The Kier molecular flexibility index (Phi) is 5.22. The Morgan fingerprint density at radius 2 is 2.19 bits per heavy atom. The zero-order chi connectivity index (χ0) is 12.2. The molecule has 2 atom stereocenters. The number of hydrogen-bond donors (Lipinski definition) is 1. The van der Waals surface area contributed by atoms with E-state index in [9.17, 15) is 0 Å². The van der Waals surface area contributed by atoms with Crippen molar-refractivity contribution in [1.82, 2.24) is 4.90 Å². The smallest absolute Gasteiger partial charge is 0.0661 e. The zero-order valence-electron chi connectivity index (χ0n) is 11.3. The van der Waals surface area contributed by atoms with Crippen LogP contribution >= 0.6 is 0 Å². The lowest BCUT2D eigenvalue weighted by molar-refractivity contribution is -0.00470. The van der Waals surface area contributed by atoms with E-state index in [2.05, 4.69) is 25.7 Å². The van der Waals surface area contributed by atoms with Gasteiger partial charge in [0.1, 0.15) is 0 Å². The molecule has 0 aromatic rings. The van der Waals surface area contributed by atoms with Gasteiger partial charge in [0.05, 0.1) is 12.1 Å². The molecular weight excluding hydrogens is 200 g/mol. The number of likely N-dealkylation sites (tertiary alicyclic amines) is 1. The summed E-state index contributed by atoms with van der Waals surface area (Å²) in [5, 5.41) is 0. The Labute approximate surface area is 100 Å². The first-order chi connectivity index (χ1) is 7.60. The third-order valence-electron chi connectivity index (χ3n) is 4.32. The van der Waals surface area contributed by atoms with Gasteiger partial charge in [0, 0.05) is 20.2 Å². The molecule has 0 bridgehead atoms. The number of hydrogen-bond acceptors (Lipinski definition) is 3. The Bertz CT molecular complexity index is 208. The van der Waals surface area contributed by atoms with Crippen LogP contribution in [0.15, 0.2) is 0 Å².